The van der Waals surface area contributed by atoms with Gasteiger partial charge < -0.3 is 29.3 Å². The van der Waals surface area contributed by atoms with Gasteiger partial charge in [-0.15, -0.1) is 0 Å². The molecule has 4 rings (SSSR count). The van der Waals surface area contributed by atoms with Crippen molar-refractivity contribution in [3.05, 3.63) is 54.0 Å². The number of piperazine rings is 1. The lowest BCUT2D eigenvalue weighted by atomic mass is 10.1. The number of pyridine rings is 1. The first-order valence-corrected chi connectivity index (χ1v) is 10.7. The summed E-state index contributed by atoms with van der Waals surface area (Å²) >= 11 is 0. The van der Waals surface area contributed by atoms with E-state index < -0.39 is 18.2 Å². The summed E-state index contributed by atoms with van der Waals surface area (Å²) < 4.78 is 44.2. The minimum Gasteiger partial charge on any atom is -0.494 e. The van der Waals surface area contributed by atoms with E-state index in [-0.39, 0.29) is 22.9 Å². The van der Waals surface area contributed by atoms with Crippen LogP contribution in [0.2, 0.25) is 0 Å². The maximum atomic E-state index is 14.5. The molecule has 0 atom stereocenters. The SMILES string of the molecule is COc1cc(OC)c(F)c(COc2cnc(Nc3ccc(N4CCN(C)CC4)nc3)cn2)c1F. The van der Waals surface area contributed by atoms with Crippen LogP contribution in [0.3, 0.4) is 0 Å². The maximum Gasteiger partial charge on any atom is 0.232 e. The van der Waals surface area contributed by atoms with Crippen molar-refractivity contribution in [3.8, 4) is 17.4 Å². The zero-order valence-electron chi connectivity index (χ0n) is 19.2. The quantitative estimate of drug-likeness (QED) is 0.531. The van der Waals surface area contributed by atoms with Crippen LogP contribution in [0, 0.1) is 11.6 Å². The minimum absolute atomic E-state index is 0.106. The number of halogens is 2. The van der Waals surface area contributed by atoms with Crippen LogP contribution in [-0.4, -0.2) is 67.3 Å². The van der Waals surface area contributed by atoms with Crippen LogP contribution in [-0.2, 0) is 6.61 Å². The largest absolute Gasteiger partial charge is 0.494 e. The van der Waals surface area contributed by atoms with Crippen molar-refractivity contribution in [1.29, 1.82) is 0 Å². The van der Waals surface area contributed by atoms with Crippen molar-refractivity contribution >= 4 is 17.3 Å². The molecule has 3 aromatic rings. The summed E-state index contributed by atoms with van der Waals surface area (Å²) in [4.78, 5) is 17.5. The number of likely N-dealkylation sites (N-methyl/N-ethyl adjacent to an activating group) is 1. The highest BCUT2D eigenvalue weighted by Crippen LogP contribution is 2.32. The topological polar surface area (TPSA) is 84.9 Å². The van der Waals surface area contributed by atoms with Crippen LogP contribution < -0.4 is 24.4 Å². The molecule has 1 saturated heterocycles. The fourth-order valence-corrected chi connectivity index (χ4v) is 3.50. The van der Waals surface area contributed by atoms with Gasteiger partial charge in [0.05, 0.1) is 44.1 Å². The second-order valence-electron chi connectivity index (χ2n) is 7.74. The molecule has 2 aromatic heterocycles. The second kappa shape index (κ2) is 10.5. The third kappa shape index (κ3) is 5.25. The lowest BCUT2D eigenvalue weighted by molar-refractivity contribution is 0.271. The number of hydrogen-bond acceptors (Lipinski definition) is 9. The van der Waals surface area contributed by atoms with Crippen LogP contribution in [0.1, 0.15) is 5.56 Å². The molecule has 0 aliphatic carbocycles. The van der Waals surface area contributed by atoms with E-state index in [0.717, 1.165) is 43.8 Å². The van der Waals surface area contributed by atoms with Gasteiger partial charge in [0.25, 0.3) is 0 Å². The van der Waals surface area contributed by atoms with E-state index >= 15 is 0 Å². The maximum absolute atomic E-state index is 14.5. The van der Waals surface area contributed by atoms with Gasteiger partial charge in [0.15, 0.2) is 23.1 Å². The van der Waals surface area contributed by atoms with E-state index in [2.05, 4.69) is 37.1 Å². The Bertz CT molecular complexity index is 1080. The number of rotatable bonds is 8. The molecule has 180 valence electrons. The molecule has 3 heterocycles. The number of nitrogens with one attached hydrogen (secondary N) is 1. The Balaban J connectivity index is 1.37. The first kappa shape index (κ1) is 23.4. The summed E-state index contributed by atoms with van der Waals surface area (Å²) in [5.74, 6) is -0.498. The van der Waals surface area contributed by atoms with E-state index in [1.54, 1.807) is 6.20 Å². The number of aromatic nitrogens is 3. The fraction of sp³-hybridized carbons (Fsp3) is 0.348. The predicted molar refractivity (Wildman–Crippen MR) is 123 cm³/mol. The Labute approximate surface area is 196 Å². The van der Waals surface area contributed by atoms with Gasteiger partial charge in [-0.3, -0.25) is 0 Å². The Kier molecular flexibility index (Phi) is 7.21. The number of nitrogens with zero attached hydrogens (tertiary/aromatic N) is 5. The van der Waals surface area contributed by atoms with Gasteiger partial charge in [-0.2, -0.15) is 0 Å². The van der Waals surface area contributed by atoms with Gasteiger partial charge in [-0.05, 0) is 19.2 Å². The normalized spacial score (nSPS) is 14.1. The molecular weight excluding hydrogens is 446 g/mol. The standard InChI is InChI=1S/C23H26F2N6O3/c1-30-6-8-31(9-7-30)20-5-4-15(11-27-20)29-19-12-28-21(13-26-19)34-14-16-22(24)17(32-2)10-18(33-3)23(16)25/h4-5,10-13H,6-9,14H2,1-3H3,(H,26,29). The van der Waals surface area contributed by atoms with Gasteiger partial charge >= 0.3 is 0 Å². The van der Waals surface area contributed by atoms with Crippen molar-refractivity contribution in [1.82, 2.24) is 19.9 Å². The van der Waals surface area contributed by atoms with Gasteiger partial charge in [0.2, 0.25) is 5.88 Å². The van der Waals surface area contributed by atoms with Crippen molar-refractivity contribution < 1.29 is 23.0 Å². The molecule has 9 nitrogen and oxygen atoms in total. The van der Waals surface area contributed by atoms with Crippen molar-refractivity contribution in [2.75, 3.05) is 57.7 Å². The lowest BCUT2D eigenvalue weighted by Gasteiger charge is -2.33. The van der Waals surface area contributed by atoms with Crippen LogP contribution in [0.15, 0.2) is 36.8 Å². The molecule has 34 heavy (non-hydrogen) atoms. The van der Waals surface area contributed by atoms with Crippen LogP contribution in [0.25, 0.3) is 0 Å². The van der Waals surface area contributed by atoms with Gasteiger partial charge in [-0.1, -0.05) is 0 Å². The Morgan fingerprint density at radius 3 is 2.18 bits per heavy atom. The Morgan fingerprint density at radius 1 is 0.912 bits per heavy atom. The zero-order chi connectivity index (χ0) is 24.1. The predicted octanol–water partition coefficient (Wildman–Crippen LogP) is 3.24. The molecule has 0 saturated carbocycles. The molecule has 1 N–H and O–H groups in total. The molecule has 0 amide bonds. The average molecular weight is 472 g/mol. The molecule has 0 bridgehead atoms. The minimum atomic E-state index is -0.862. The number of ether oxygens (including phenoxy) is 3. The number of hydrogen-bond donors (Lipinski definition) is 1. The van der Waals surface area contributed by atoms with E-state index in [1.165, 1.54) is 26.6 Å². The molecule has 11 heteroatoms. The smallest absolute Gasteiger partial charge is 0.232 e. The molecule has 0 spiro atoms. The molecule has 0 radical (unpaired) electrons. The first-order valence-electron chi connectivity index (χ1n) is 10.7. The van der Waals surface area contributed by atoms with E-state index in [9.17, 15) is 8.78 Å². The van der Waals surface area contributed by atoms with E-state index in [0.29, 0.717) is 5.82 Å². The van der Waals surface area contributed by atoms with Crippen LogP contribution in [0.5, 0.6) is 17.4 Å². The van der Waals surface area contributed by atoms with E-state index in [4.69, 9.17) is 14.2 Å². The first-order chi connectivity index (χ1) is 16.5. The van der Waals surface area contributed by atoms with Crippen molar-refractivity contribution in [2.24, 2.45) is 0 Å². The van der Waals surface area contributed by atoms with E-state index in [1.807, 2.05) is 12.1 Å². The Morgan fingerprint density at radius 2 is 1.62 bits per heavy atom. The molecule has 1 fully saturated rings. The fourth-order valence-electron chi connectivity index (χ4n) is 3.50. The zero-order valence-corrected chi connectivity index (χ0v) is 19.2. The summed E-state index contributed by atoms with van der Waals surface area (Å²) in [6.45, 7) is 3.50. The number of methoxy groups -OCH3 is 2. The molecular formula is C23H26F2N6O3. The average Bonchev–Trinajstić information content (AvgIpc) is 2.86. The molecule has 0 unspecified atom stereocenters. The lowest BCUT2D eigenvalue weighted by Crippen LogP contribution is -2.44. The summed E-state index contributed by atoms with van der Waals surface area (Å²) in [5.41, 5.74) is 0.431. The summed E-state index contributed by atoms with van der Waals surface area (Å²) in [5, 5.41) is 3.12. The third-order valence-corrected chi connectivity index (χ3v) is 5.50. The summed E-state index contributed by atoms with van der Waals surface area (Å²) in [6, 6.07) is 5.03. The number of benzene rings is 1. The van der Waals surface area contributed by atoms with Gasteiger partial charge in [-0.25, -0.2) is 23.7 Å². The van der Waals surface area contributed by atoms with Crippen LogP contribution >= 0.6 is 0 Å². The molecule has 1 aliphatic rings. The third-order valence-electron chi connectivity index (χ3n) is 5.50. The molecule has 1 aromatic carbocycles. The Hall–Kier alpha value is -3.73. The highest BCUT2D eigenvalue weighted by atomic mass is 19.1. The van der Waals surface area contributed by atoms with Crippen LogP contribution in [0.4, 0.5) is 26.1 Å². The summed E-state index contributed by atoms with van der Waals surface area (Å²) in [6.07, 6.45) is 4.56. The highest BCUT2D eigenvalue weighted by Gasteiger charge is 2.21. The van der Waals surface area contributed by atoms with Crippen molar-refractivity contribution in [3.63, 3.8) is 0 Å². The van der Waals surface area contributed by atoms with Crippen molar-refractivity contribution in [2.45, 2.75) is 6.61 Å². The van der Waals surface area contributed by atoms with Gasteiger partial charge in [0, 0.05) is 32.2 Å². The van der Waals surface area contributed by atoms with Gasteiger partial charge in [0.1, 0.15) is 18.2 Å². The monoisotopic (exact) mass is 472 g/mol. The number of anilines is 3. The second-order valence-corrected chi connectivity index (χ2v) is 7.74. The molecule has 1 aliphatic heterocycles. The highest BCUT2D eigenvalue weighted by molar-refractivity contribution is 5.56. The summed E-state index contributed by atoms with van der Waals surface area (Å²) in [7, 11) is 4.68.